The Hall–Kier alpha value is -5.19. The van der Waals surface area contributed by atoms with Crippen molar-refractivity contribution in [1.29, 1.82) is 0 Å². The molecular formula is C33H36N8O3. The Morgan fingerprint density at radius 3 is 2.36 bits per heavy atom. The van der Waals surface area contributed by atoms with Gasteiger partial charge in [0.15, 0.2) is 5.69 Å². The molecule has 0 bridgehead atoms. The van der Waals surface area contributed by atoms with E-state index in [4.69, 9.17) is 5.10 Å². The number of urea groups is 1. The first-order chi connectivity index (χ1) is 21.1. The summed E-state index contributed by atoms with van der Waals surface area (Å²) in [6.45, 7) is 9.01. The lowest BCUT2D eigenvalue weighted by Crippen LogP contribution is -2.50. The number of amides is 4. The zero-order valence-corrected chi connectivity index (χ0v) is 25.3. The van der Waals surface area contributed by atoms with Crippen molar-refractivity contribution < 1.29 is 14.4 Å². The number of aryl methyl sites for hydroxylation is 1. The molecule has 3 N–H and O–H groups in total. The van der Waals surface area contributed by atoms with Gasteiger partial charge in [0, 0.05) is 41.6 Å². The molecule has 1 fully saturated rings. The van der Waals surface area contributed by atoms with Crippen LogP contribution < -0.4 is 16.0 Å². The maximum Gasteiger partial charge on any atom is 0.317 e. The van der Waals surface area contributed by atoms with Crippen LogP contribution in [0.15, 0.2) is 73.1 Å². The number of hydrogen-bond acceptors (Lipinski definition) is 5. The van der Waals surface area contributed by atoms with Crippen LogP contribution in [0.25, 0.3) is 16.4 Å². The van der Waals surface area contributed by atoms with E-state index < -0.39 is 0 Å². The van der Waals surface area contributed by atoms with E-state index in [9.17, 15) is 14.4 Å². The van der Waals surface area contributed by atoms with E-state index in [0.29, 0.717) is 35.7 Å². The van der Waals surface area contributed by atoms with Crippen molar-refractivity contribution in [1.82, 2.24) is 29.6 Å². The fourth-order valence-corrected chi connectivity index (χ4v) is 5.62. The fraction of sp³-hybridized carbons (Fsp3) is 0.303. The zero-order chi connectivity index (χ0) is 31.0. The molecule has 3 aromatic heterocycles. The number of hydrogen-bond donors (Lipinski definition) is 3. The van der Waals surface area contributed by atoms with Crippen LogP contribution in [0.1, 0.15) is 66.1 Å². The summed E-state index contributed by atoms with van der Waals surface area (Å²) >= 11 is 0. The van der Waals surface area contributed by atoms with Crippen molar-refractivity contribution >= 4 is 45.6 Å². The molecule has 6 rings (SSSR count). The minimum Gasteiger partial charge on any atom is -0.333 e. The number of nitrogens with zero attached hydrogens (tertiary/aromatic N) is 5. The molecule has 44 heavy (non-hydrogen) atoms. The Labute approximate surface area is 255 Å². The van der Waals surface area contributed by atoms with Gasteiger partial charge >= 0.3 is 6.03 Å². The molecule has 5 aromatic rings. The molecule has 0 unspecified atom stereocenters. The number of para-hydroxylation sites is 1. The maximum atomic E-state index is 13.5. The van der Waals surface area contributed by atoms with Gasteiger partial charge in [0.2, 0.25) is 0 Å². The number of nitrogens with one attached hydrogen (secondary N) is 3. The number of anilines is 2. The number of likely N-dealkylation sites (tertiary alicyclic amines) is 1. The van der Waals surface area contributed by atoms with E-state index in [-0.39, 0.29) is 29.4 Å². The largest absolute Gasteiger partial charge is 0.333 e. The second-order valence-electron chi connectivity index (χ2n) is 12.2. The van der Waals surface area contributed by atoms with Crippen LogP contribution in [0.3, 0.4) is 0 Å². The SMILES string of the molecule is Cc1cc(NC(=O)c2nn(C3CCN(C(=O)NC(C)(C)C)CC3)c3ccccc23)ccc1NC(=O)c1cnn2ccccc12. The molecule has 1 saturated heterocycles. The Kier molecular flexibility index (Phi) is 7.54. The molecule has 4 heterocycles. The quantitative estimate of drug-likeness (QED) is 0.244. The van der Waals surface area contributed by atoms with Crippen LogP contribution >= 0.6 is 0 Å². The smallest absolute Gasteiger partial charge is 0.317 e. The standard InChI is InChI=1S/C33H36N8O3/c1-21-19-22(12-13-26(21)36-30(42)25-20-34-40-16-8-7-10-27(25)40)35-31(43)29-24-9-5-6-11-28(24)41(38-29)23-14-17-39(18-15-23)32(44)37-33(2,3)4/h5-13,16,19-20,23H,14-15,17-18H2,1-4H3,(H,35,43)(H,36,42)(H,37,44). The van der Waals surface area contributed by atoms with E-state index >= 15 is 0 Å². The molecule has 1 aliphatic rings. The van der Waals surface area contributed by atoms with E-state index in [1.807, 2.05) is 85.8 Å². The highest BCUT2D eigenvalue weighted by atomic mass is 16.2. The summed E-state index contributed by atoms with van der Waals surface area (Å²) in [5, 5.41) is 18.8. The first-order valence-electron chi connectivity index (χ1n) is 14.8. The second-order valence-corrected chi connectivity index (χ2v) is 12.2. The van der Waals surface area contributed by atoms with Crippen molar-refractivity contribution in [3.63, 3.8) is 0 Å². The van der Waals surface area contributed by atoms with Crippen LogP contribution in [0.4, 0.5) is 16.2 Å². The van der Waals surface area contributed by atoms with Crippen molar-refractivity contribution in [2.24, 2.45) is 0 Å². The van der Waals surface area contributed by atoms with Gasteiger partial charge in [-0.2, -0.15) is 10.2 Å². The molecular weight excluding hydrogens is 556 g/mol. The lowest BCUT2D eigenvalue weighted by Gasteiger charge is -2.34. The predicted octanol–water partition coefficient (Wildman–Crippen LogP) is 5.64. The molecule has 2 aromatic carbocycles. The van der Waals surface area contributed by atoms with E-state index in [1.54, 1.807) is 29.0 Å². The summed E-state index contributed by atoms with van der Waals surface area (Å²) in [4.78, 5) is 41.0. The van der Waals surface area contributed by atoms with Gasteiger partial charge in [-0.3, -0.25) is 14.3 Å². The third-order valence-corrected chi connectivity index (χ3v) is 7.81. The topological polar surface area (TPSA) is 126 Å². The highest BCUT2D eigenvalue weighted by Crippen LogP contribution is 2.29. The average molecular weight is 593 g/mol. The number of benzene rings is 2. The minimum atomic E-state index is -0.315. The van der Waals surface area contributed by atoms with Gasteiger partial charge in [0.25, 0.3) is 11.8 Å². The van der Waals surface area contributed by atoms with Gasteiger partial charge in [0.05, 0.1) is 28.8 Å². The lowest BCUT2D eigenvalue weighted by atomic mass is 10.0. The zero-order valence-electron chi connectivity index (χ0n) is 25.3. The average Bonchev–Trinajstić information content (AvgIpc) is 3.60. The van der Waals surface area contributed by atoms with E-state index in [2.05, 4.69) is 21.0 Å². The summed E-state index contributed by atoms with van der Waals surface area (Å²) in [5.41, 5.74) is 4.16. The number of fused-ring (bicyclic) bond motifs is 2. The summed E-state index contributed by atoms with van der Waals surface area (Å²) in [5.74, 6) is -0.576. The number of carbonyl (C=O) groups excluding carboxylic acids is 3. The molecule has 0 aliphatic carbocycles. The number of piperidine rings is 1. The summed E-state index contributed by atoms with van der Waals surface area (Å²) in [6, 6.07) is 18.6. The molecule has 1 aliphatic heterocycles. The normalized spacial score (nSPS) is 14.1. The Bertz CT molecular complexity index is 1880. The van der Waals surface area contributed by atoms with Crippen molar-refractivity contribution in [3.8, 4) is 0 Å². The predicted molar refractivity (Wildman–Crippen MR) is 170 cm³/mol. The highest BCUT2D eigenvalue weighted by molar-refractivity contribution is 6.12. The summed E-state index contributed by atoms with van der Waals surface area (Å²) < 4.78 is 3.59. The van der Waals surface area contributed by atoms with E-state index in [1.165, 1.54) is 0 Å². The van der Waals surface area contributed by atoms with Gasteiger partial charge in [-0.1, -0.05) is 24.3 Å². The van der Waals surface area contributed by atoms with Crippen LogP contribution in [0, 0.1) is 6.92 Å². The molecule has 11 heteroatoms. The van der Waals surface area contributed by atoms with Crippen LogP contribution in [-0.4, -0.2) is 60.8 Å². The molecule has 0 atom stereocenters. The Morgan fingerprint density at radius 2 is 1.61 bits per heavy atom. The number of pyridine rings is 1. The molecule has 0 spiro atoms. The molecule has 11 nitrogen and oxygen atoms in total. The first-order valence-corrected chi connectivity index (χ1v) is 14.8. The molecule has 226 valence electrons. The van der Waals surface area contributed by atoms with Crippen molar-refractivity contribution in [3.05, 3.63) is 89.9 Å². The number of carbonyl (C=O) groups is 3. The summed E-state index contributed by atoms with van der Waals surface area (Å²) in [6.07, 6.45) is 4.82. The lowest BCUT2D eigenvalue weighted by molar-refractivity contribution is 0.101. The van der Waals surface area contributed by atoms with Crippen LogP contribution in [0.5, 0.6) is 0 Å². The number of rotatable bonds is 5. The van der Waals surface area contributed by atoms with E-state index in [0.717, 1.165) is 34.8 Å². The van der Waals surface area contributed by atoms with Gasteiger partial charge in [-0.15, -0.1) is 0 Å². The highest BCUT2D eigenvalue weighted by Gasteiger charge is 2.28. The Balaban J connectivity index is 1.15. The minimum absolute atomic E-state index is 0.0577. The molecule has 0 saturated carbocycles. The number of aromatic nitrogens is 4. The fourth-order valence-electron chi connectivity index (χ4n) is 5.62. The monoisotopic (exact) mass is 592 g/mol. The second kappa shape index (κ2) is 11.5. The summed E-state index contributed by atoms with van der Waals surface area (Å²) in [7, 11) is 0. The van der Waals surface area contributed by atoms with Gasteiger partial charge in [-0.05, 0) is 82.5 Å². The van der Waals surface area contributed by atoms with Crippen LogP contribution in [0.2, 0.25) is 0 Å². The third-order valence-electron chi connectivity index (χ3n) is 7.81. The van der Waals surface area contributed by atoms with Gasteiger partial charge in [0.1, 0.15) is 0 Å². The maximum absolute atomic E-state index is 13.5. The molecule has 0 radical (unpaired) electrons. The van der Waals surface area contributed by atoms with Crippen LogP contribution in [-0.2, 0) is 0 Å². The molecule has 4 amide bonds. The third kappa shape index (κ3) is 5.85. The Morgan fingerprint density at radius 1 is 0.886 bits per heavy atom. The van der Waals surface area contributed by atoms with Gasteiger partial charge in [-0.25, -0.2) is 9.31 Å². The first kappa shape index (κ1) is 28.9. The van der Waals surface area contributed by atoms with Gasteiger partial charge < -0.3 is 20.9 Å². The van der Waals surface area contributed by atoms with Crippen molar-refractivity contribution in [2.45, 2.75) is 52.1 Å². The van der Waals surface area contributed by atoms with Crippen molar-refractivity contribution in [2.75, 3.05) is 23.7 Å².